The highest BCUT2D eigenvalue weighted by atomic mass is 19.3. The Kier molecular flexibility index (Phi) is 9.02. The first-order valence-corrected chi connectivity index (χ1v) is 9.45. The first-order chi connectivity index (χ1) is 11.0. The number of fused-ring (bicyclic) bond motifs is 1. The molecule has 0 aromatic heterocycles. The molecule has 0 amide bonds. The largest absolute Gasteiger partial charge is 0.279 e. The molecule has 23 heavy (non-hydrogen) atoms. The molecule has 1 saturated carbocycles. The molecule has 0 aliphatic heterocycles. The van der Waals surface area contributed by atoms with Crippen molar-refractivity contribution in [2.75, 3.05) is 0 Å². The summed E-state index contributed by atoms with van der Waals surface area (Å²) in [5.74, 6) is -2.62. The van der Waals surface area contributed by atoms with Crippen molar-refractivity contribution in [3.63, 3.8) is 0 Å². The van der Waals surface area contributed by atoms with Gasteiger partial charge in [-0.2, -0.15) is 0 Å². The number of halogens is 2. The van der Waals surface area contributed by atoms with Crippen LogP contribution >= 0.6 is 0 Å². The van der Waals surface area contributed by atoms with Gasteiger partial charge in [0.15, 0.2) is 0 Å². The van der Waals surface area contributed by atoms with E-state index in [0.29, 0.717) is 24.8 Å². The Bertz CT molecular complexity index is 469. The number of benzene rings is 1. The standard InChI is InChI=1S/C15H18F2.3C2H6/c1-10-5-6-11(2)13-12(10)9-14(15(13,16)17)7-3-4-8-14;3*1-2/h5-6H,3-4,7-9H2,1-2H3;3*1-2H3. The summed E-state index contributed by atoms with van der Waals surface area (Å²) in [5.41, 5.74) is 2.32. The Labute approximate surface area is 142 Å². The molecule has 0 saturated heterocycles. The average Bonchev–Trinajstić information content (AvgIpc) is 3.15. The molecule has 0 atom stereocenters. The van der Waals surface area contributed by atoms with Crippen molar-refractivity contribution in [2.24, 2.45) is 5.41 Å². The number of hydrogen-bond acceptors (Lipinski definition) is 0. The second-order valence-corrected chi connectivity index (χ2v) is 5.79. The molecule has 1 spiro atoms. The average molecular weight is 327 g/mol. The zero-order valence-corrected chi connectivity index (χ0v) is 16.4. The maximum atomic E-state index is 14.7. The predicted octanol–water partition coefficient (Wildman–Crippen LogP) is 7.59. The summed E-state index contributed by atoms with van der Waals surface area (Å²) in [6, 6.07) is 3.83. The van der Waals surface area contributed by atoms with Crippen LogP contribution in [-0.4, -0.2) is 0 Å². The Morgan fingerprint density at radius 3 is 1.65 bits per heavy atom. The third kappa shape index (κ3) is 3.78. The van der Waals surface area contributed by atoms with Gasteiger partial charge in [-0.25, -0.2) is 8.78 Å². The van der Waals surface area contributed by atoms with E-state index >= 15 is 0 Å². The Balaban J connectivity index is 0.000000728. The lowest BCUT2D eigenvalue weighted by Gasteiger charge is -2.31. The number of hydrogen-bond donors (Lipinski definition) is 0. The van der Waals surface area contributed by atoms with Crippen LogP contribution in [0, 0.1) is 19.3 Å². The lowest BCUT2D eigenvalue weighted by Crippen LogP contribution is -2.33. The van der Waals surface area contributed by atoms with Gasteiger partial charge in [0.1, 0.15) is 0 Å². The fourth-order valence-electron chi connectivity index (χ4n) is 3.79. The van der Waals surface area contributed by atoms with E-state index in [4.69, 9.17) is 0 Å². The molecule has 0 N–H and O–H groups in total. The molecule has 0 heterocycles. The molecular formula is C21H36F2. The van der Waals surface area contributed by atoms with E-state index in [1.807, 2.05) is 67.5 Å². The maximum absolute atomic E-state index is 14.7. The fraction of sp³-hybridized carbons (Fsp3) is 0.714. The van der Waals surface area contributed by atoms with Crippen LogP contribution in [0.25, 0.3) is 0 Å². The highest BCUT2D eigenvalue weighted by molar-refractivity contribution is 5.48. The summed E-state index contributed by atoms with van der Waals surface area (Å²) in [6.45, 7) is 15.8. The lowest BCUT2D eigenvalue weighted by atomic mass is 9.80. The summed E-state index contributed by atoms with van der Waals surface area (Å²) in [5, 5.41) is 0. The van der Waals surface area contributed by atoms with Crippen LogP contribution in [0.1, 0.15) is 89.5 Å². The van der Waals surface area contributed by atoms with Gasteiger partial charge in [-0.15, -0.1) is 0 Å². The smallest absolute Gasteiger partial charge is 0.201 e. The molecule has 0 unspecified atom stereocenters. The molecule has 2 aliphatic carbocycles. The van der Waals surface area contributed by atoms with Gasteiger partial charge in [0.05, 0.1) is 0 Å². The summed E-state index contributed by atoms with van der Waals surface area (Å²) >= 11 is 0. The van der Waals surface area contributed by atoms with E-state index < -0.39 is 11.3 Å². The molecule has 3 rings (SSSR count). The topological polar surface area (TPSA) is 0 Å². The molecule has 0 radical (unpaired) electrons. The van der Waals surface area contributed by atoms with Crippen molar-refractivity contribution >= 4 is 0 Å². The minimum atomic E-state index is -2.62. The van der Waals surface area contributed by atoms with E-state index in [1.54, 1.807) is 0 Å². The molecule has 1 fully saturated rings. The summed E-state index contributed by atoms with van der Waals surface area (Å²) in [7, 11) is 0. The van der Waals surface area contributed by atoms with Gasteiger partial charge in [-0.3, -0.25) is 0 Å². The Morgan fingerprint density at radius 2 is 1.22 bits per heavy atom. The van der Waals surface area contributed by atoms with Crippen LogP contribution in [-0.2, 0) is 12.3 Å². The van der Waals surface area contributed by atoms with Crippen molar-refractivity contribution in [3.05, 3.63) is 34.4 Å². The molecule has 134 valence electrons. The maximum Gasteiger partial charge on any atom is 0.279 e. The van der Waals surface area contributed by atoms with Gasteiger partial charge in [0, 0.05) is 11.0 Å². The van der Waals surface area contributed by atoms with Gasteiger partial charge in [0.25, 0.3) is 5.92 Å². The van der Waals surface area contributed by atoms with Gasteiger partial charge >= 0.3 is 0 Å². The quantitative estimate of drug-likeness (QED) is 0.460. The summed E-state index contributed by atoms with van der Waals surface area (Å²) in [4.78, 5) is 0. The van der Waals surface area contributed by atoms with Crippen LogP contribution < -0.4 is 0 Å². The van der Waals surface area contributed by atoms with Crippen molar-refractivity contribution in [2.45, 2.75) is 93.4 Å². The van der Waals surface area contributed by atoms with Crippen LogP contribution in [0.2, 0.25) is 0 Å². The van der Waals surface area contributed by atoms with Crippen molar-refractivity contribution < 1.29 is 8.78 Å². The van der Waals surface area contributed by atoms with Gasteiger partial charge in [0.2, 0.25) is 0 Å². The summed E-state index contributed by atoms with van der Waals surface area (Å²) < 4.78 is 29.5. The highest BCUT2D eigenvalue weighted by Gasteiger charge is 2.61. The van der Waals surface area contributed by atoms with Crippen LogP contribution in [0.15, 0.2) is 12.1 Å². The van der Waals surface area contributed by atoms with Crippen LogP contribution in [0.3, 0.4) is 0 Å². The second-order valence-electron chi connectivity index (χ2n) is 5.79. The van der Waals surface area contributed by atoms with E-state index in [1.165, 1.54) is 0 Å². The number of rotatable bonds is 0. The third-order valence-corrected chi connectivity index (χ3v) is 4.81. The number of aryl methyl sites for hydroxylation is 2. The molecule has 0 nitrogen and oxygen atoms in total. The van der Waals surface area contributed by atoms with Crippen LogP contribution in [0.5, 0.6) is 0 Å². The van der Waals surface area contributed by atoms with E-state index in [0.717, 1.165) is 29.5 Å². The zero-order chi connectivity index (χ0) is 18.3. The van der Waals surface area contributed by atoms with E-state index in [9.17, 15) is 8.78 Å². The molecule has 1 aromatic rings. The van der Waals surface area contributed by atoms with Crippen molar-refractivity contribution in [3.8, 4) is 0 Å². The second kappa shape index (κ2) is 9.39. The monoisotopic (exact) mass is 326 g/mol. The number of alkyl halides is 2. The minimum Gasteiger partial charge on any atom is -0.201 e. The summed E-state index contributed by atoms with van der Waals surface area (Å²) in [6.07, 6.45) is 3.88. The molecule has 0 bridgehead atoms. The first kappa shape index (κ1) is 22.1. The van der Waals surface area contributed by atoms with Gasteiger partial charge < -0.3 is 0 Å². The van der Waals surface area contributed by atoms with E-state index in [-0.39, 0.29) is 0 Å². The lowest BCUT2D eigenvalue weighted by molar-refractivity contribution is -0.114. The van der Waals surface area contributed by atoms with Crippen molar-refractivity contribution in [1.82, 2.24) is 0 Å². The SMILES string of the molecule is CC.CC.CC.Cc1ccc(C)c2c1CC1(CCCC1)C2(F)F. The Morgan fingerprint density at radius 1 is 0.783 bits per heavy atom. The molecule has 1 aromatic carbocycles. The minimum absolute atomic E-state index is 0.347. The fourth-order valence-corrected chi connectivity index (χ4v) is 3.79. The van der Waals surface area contributed by atoms with Crippen LogP contribution in [0.4, 0.5) is 8.78 Å². The molecular weight excluding hydrogens is 290 g/mol. The predicted molar refractivity (Wildman–Crippen MR) is 98.5 cm³/mol. The van der Waals surface area contributed by atoms with Gasteiger partial charge in [-0.05, 0) is 49.8 Å². The van der Waals surface area contributed by atoms with Gasteiger partial charge in [-0.1, -0.05) is 66.5 Å². The zero-order valence-electron chi connectivity index (χ0n) is 16.4. The van der Waals surface area contributed by atoms with Crippen molar-refractivity contribution in [1.29, 1.82) is 0 Å². The third-order valence-electron chi connectivity index (χ3n) is 4.81. The first-order valence-electron chi connectivity index (χ1n) is 9.45. The molecule has 2 aliphatic rings. The highest BCUT2D eigenvalue weighted by Crippen LogP contribution is 2.62. The van der Waals surface area contributed by atoms with E-state index in [2.05, 4.69) is 0 Å². The molecule has 2 heteroatoms. The Hall–Kier alpha value is -0.920. The normalized spacial score (nSPS) is 18.7.